The molecule has 0 saturated heterocycles. The number of aromatic nitrogens is 2. The smallest absolute Gasteiger partial charge is 0.270 e. The normalized spacial score (nSPS) is 13.4. The Kier molecular flexibility index (Phi) is 4.50. The van der Waals surface area contributed by atoms with Crippen molar-refractivity contribution in [3.63, 3.8) is 0 Å². The van der Waals surface area contributed by atoms with Crippen LogP contribution in [0.1, 0.15) is 12.8 Å². The van der Waals surface area contributed by atoms with Gasteiger partial charge in [0.1, 0.15) is 18.0 Å². The van der Waals surface area contributed by atoms with Crippen LogP contribution in [0.3, 0.4) is 0 Å². The summed E-state index contributed by atoms with van der Waals surface area (Å²) in [4.78, 5) is 24.1. The number of carbonyl (C=O) groups excluding carboxylic acids is 1. The van der Waals surface area contributed by atoms with Crippen molar-refractivity contribution in [3.05, 3.63) is 40.7 Å². The van der Waals surface area contributed by atoms with Gasteiger partial charge in [0.15, 0.2) is 5.75 Å². The zero-order valence-corrected chi connectivity index (χ0v) is 13.6. The molecular weight excluding hydrogens is 310 g/mol. The maximum atomic E-state index is 12.1. The maximum Gasteiger partial charge on any atom is 0.270 e. The molecule has 7 heteroatoms. The molecule has 1 saturated carbocycles. The molecule has 24 heavy (non-hydrogen) atoms. The summed E-state index contributed by atoms with van der Waals surface area (Å²) < 4.78 is 11.6. The van der Waals surface area contributed by atoms with Gasteiger partial charge in [-0.15, -0.1) is 0 Å². The molecule has 1 aliphatic rings. The lowest BCUT2D eigenvalue weighted by Crippen LogP contribution is -2.34. The fraction of sp³-hybridized carbons (Fsp3) is 0.353. The monoisotopic (exact) mass is 329 g/mol. The van der Waals surface area contributed by atoms with E-state index >= 15 is 0 Å². The fourth-order valence-electron chi connectivity index (χ4n) is 2.33. The quantitative estimate of drug-likeness (QED) is 0.861. The summed E-state index contributed by atoms with van der Waals surface area (Å²) in [5.41, 5.74) is 0.887. The van der Waals surface area contributed by atoms with Gasteiger partial charge in [-0.3, -0.25) is 9.59 Å². The van der Waals surface area contributed by atoms with Crippen LogP contribution < -0.4 is 20.3 Å². The van der Waals surface area contributed by atoms with Crippen molar-refractivity contribution in [2.45, 2.75) is 25.4 Å². The summed E-state index contributed by atoms with van der Waals surface area (Å²) in [7, 11) is 3.07. The van der Waals surface area contributed by atoms with Crippen LogP contribution in [0.2, 0.25) is 0 Å². The van der Waals surface area contributed by atoms with Crippen LogP contribution in [0.15, 0.2) is 35.1 Å². The summed E-state index contributed by atoms with van der Waals surface area (Å²) in [5, 5.41) is 7.16. The summed E-state index contributed by atoms with van der Waals surface area (Å²) in [6, 6.07) is 8.83. The number of amides is 1. The van der Waals surface area contributed by atoms with Crippen LogP contribution in [-0.2, 0) is 11.3 Å². The van der Waals surface area contributed by atoms with E-state index in [0.29, 0.717) is 11.4 Å². The summed E-state index contributed by atoms with van der Waals surface area (Å²) in [6.45, 7) is -0.109. The van der Waals surface area contributed by atoms with E-state index in [1.54, 1.807) is 19.2 Å². The molecule has 0 radical (unpaired) electrons. The SMILES string of the molecule is COc1ccc(-c2nn(CC(=O)NC3CC3)c(=O)cc2OC)cc1. The topological polar surface area (TPSA) is 82.5 Å². The van der Waals surface area contributed by atoms with Crippen LogP contribution in [0.5, 0.6) is 11.5 Å². The third kappa shape index (κ3) is 3.56. The Labute approximate surface area is 139 Å². The fourth-order valence-corrected chi connectivity index (χ4v) is 2.33. The molecular formula is C17H19N3O4. The zero-order chi connectivity index (χ0) is 17.1. The number of nitrogens with zero attached hydrogens (tertiary/aromatic N) is 2. The Morgan fingerprint density at radius 1 is 1.25 bits per heavy atom. The second-order valence-electron chi connectivity index (χ2n) is 5.63. The van der Waals surface area contributed by atoms with Crippen molar-refractivity contribution >= 4 is 5.91 Å². The number of hydrogen-bond donors (Lipinski definition) is 1. The highest BCUT2D eigenvalue weighted by molar-refractivity contribution is 5.76. The van der Waals surface area contributed by atoms with Crippen LogP contribution in [0.4, 0.5) is 0 Å². The Balaban J connectivity index is 1.92. The van der Waals surface area contributed by atoms with E-state index in [2.05, 4.69) is 10.4 Å². The molecule has 2 aromatic rings. The van der Waals surface area contributed by atoms with Crippen LogP contribution >= 0.6 is 0 Å². The number of hydrogen-bond acceptors (Lipinski definition) is 5. The molecule has 0 bridgehead atoms. The number of ether oxygens (including phenoxy) is 2. The molecule has 0 atom stereocenters. The lowest BCUT2D eigenvalue weighted by atomic mass is 10.1. The van der Waals surface area contributed by atoms with Gasteiger partial charge in [0.25, 0.3) is 5.56 Å². The summed E-state index contributed by atoms with van der Waals surface area (Å²) in [6.07, 6.45) is 1.99. The first-order valence-corrected chi connectivity index (χ1v) is 7.70. The predicted octanol–water partition coefficient (Wildman–Crippen LogP) is 1.21. The first kappa shape index (κ1) is 16.0. The number of rotatable bonds is 6. The van der Waals surface area contributed by atoms with Gasteiger partial charge in [0.05, 0.1) is 14.2 Å². The van der Waals surface area contributed by atoms with E-state index in [1.807, 2.05) is 12.1 Å². The molecule has 0 unspecified atom stereocenters. The molecule has 1 aromatic heterocycles. The Hall–Kier alpha value is -2.83. The van der Waals surface area contributed by atoms with Gasteiger partial charge in [-0.05, 0) is 37.1 Å². The number of benzene rings is 1. The van der Waals surface area contributed by atoms with Crippen LogP contribution in [-0.4, -0.2) is 35.9 Å². The van der Waals surface area contributed by atoms with E-state index in [9.17, 15) is 9.59 Å². The second-order valence-corrected chi connectivity index (χ2v) is 5.63. The Morgan fingerprint density at radius 3 is 2.54 bits per heavy atom. The van der Waals surface area contributed by atoms with Crippen molar-refractivity contribution in [2.24, 2.45) is 0 Å². The van der Waals surface area contributed by atoms with Gasteiger partial charge in [-0.2, -0.15) is 5.10 Å². The summed E-state index contributed by atoms with van der Waals surface area (Å²) >= 11 is 0. The number of carbonyl (C=O) groups is 1. The molecule has 1 aromatic carbocycles. The molecule has 1 fully saturated rings. The minimum absolute atomic E-state index is 0.109. The van der Waals surface area contributed by atoms with Crippen molar-refractivity contribution in [1.82, 2.24) is 15.1 Å². The highest BCUT2D eigenvalue weighted by Crippen LogP contribution is 2.27. The molecule has 1 aliphatic carbocycles. The minimum Gasteiger partial charge on any atom is -0.497 e. The summed E-state index contributed by atoms with van der Waals surface area (Å²) in [5.74, 6) is 0.872. The standard InChI is InChI=1S/C17H19N3O4/c1-23-13-7-3-11(4-8-13)17-14(24-2)9-16(22)20(19-17)10-15(21)18-12-5-6-12/h3-4,7-9,12H,5-6,10H2,1-2H3,(H,18,21). The molecule has 1 heterocycles. The number of nitrogens with one attached hydrogen (secondary N) is 1. The maximum absolute atomic E-state index is 12.1. The van der Waals surface area contributed by atoms with Gasteiger partial charge in [-0.25, -0.2) is 4.68 Å². The molecule has 0 spiro atoms. The molecule has 7 nitrogen and oxygen atoms in total. The van der Waals surface area contributed by atoms with E-state index in [1.165, 1.54) is 13.2 Å². The van der Waals surface area contributed by atoms with Gasteiger partial charge >= 0.3 is 0 Å². The van der Waals surface area contributed by atoms with E-state index in [0.717, 1.165) is 28.8 Å². The van der Waals surface area contributed by atoms with Gasteiger partial charge in [-0.1, -0.05) is 0 Å². The van der Waals surface area contributed by atoms with Crippen molar-refractivity contribution in [3.8, 4) is 22.8 Å². The van der Waals surface area contributed by atoms with Gasteiger partial charge in [0, 0.05) is 17.7 Å². The second kappa shape index (κ2) is 6.74. The van der Waals surface area contributed by atoms with Crippen molar-refractivity contribution < 1.29 is 14.3 Å². The zero-order valence-electron chi connectivity index (χ0n) is 13.6. The molecule has 0 aliphatic heterocycles. The average molecular weight is 329 g/mol. The van der Waals surface area contributed by atoms with Gasteiger partial charge in [0.2, 0.25) is 5.91 Å². The Bertz CT molecular complexity index is 794. The van der Waals surface area contributed by atoms with E-state index < -0.39 is 0 Å². The first-order chi connectivity index (χ1) is 11.6. The lowest BCUT2D eigenvalue weighted by molar-refractivity contribution is -0.122. The van der Waals surface area contributed by atoms with Crippen LogP contribution in [0, 0.1) is 0 Å². The lowest BCUT2D eigenvalue weighted by Gasteiger charge is -2.11. The van der Waals surface area contributed by atoms with Crippen molar-refractivity contribution in [1.29, 1.82) is 0 Å². The molecule has 1 N–H and O–H groups in total. The highest BCUT2D eigenvalue weighted by atomic mass is 16.5. The third-order valence-corrected chi connectivity index (χ3v) is 3.78. The number of methoxy groups -OCH3 is 2. The molecule has 3 rings (SSSR count). The predicted molar refractivity (Wildman–Crippen MR) is 88.2 cm³/mol. The van der Waals surface area contributed by atoms with Gasteiger partial charge < -0.3 is 14.8 Å². The average Bonchev–Trinajstić information content (AvgIpc) is 3.40. The molecule has 1 amide bonds. The van der Waals surface area contributed by atoms with Crippen LogP contribution in [0.25, 0.3) is 11.3 Å². The first-order valence-electron chi connectivity index (χ1n) is 7.70. The Morgan fingerprint density at radius 2 is 1.96 bits per heavy atom. The largest absolute Gasteiger partial charge is 0.497 e. The van der Waals surface area contributed by atoms with E-state index in [-0.39, 0.29) is 24.1 Å². The highest BCUT2D eigenvalue weighted by Gasteiger charge is 2.23. The van der Waals surface area contributed by atoms with Crippen molar-refractivity contribution in [2.75, 3.05) is 14.2 Å². The minimum atomic E-state index is -0.380. The van der Waals surface area contributed by atoms with E-state index in [4.69, 9.17) is 9.47 Å². The third-order valence-electron chi connectivity index (χ3n) is 3.78. The molecule has 126 valence electrons.